The van der Waals surface area contributed by atoms with Crippen LogP contribution < -0.4 is 10.5 Å². The van der Waals surface area contributed by atoms with Crippen LogP contribution in [-0.4, -0.2) is 42.0 Å². The van der Waals surface area contributed by atoms with Crippen LogP contribution in [0.1, 0.15) is 15.2 Å². The summed E-state index contributed by atoms with van der Waals surface area (Å²) in [6.45, 7) is 4.79. The van der Waals surface area contributed by atoms with Crippen LogP contribution in [-0.2, 0) is 0 Å². The van der Waals surface area contributed by atoms with E-state index in [-0.39, 0.29) is 11.5 Å². The van der Waals surface area contributed by atoms with Gasteiger partial charge in [0.2, 0.25) is 0 Å². The van der Waals surface area contributed by atoms with E-state index >= 15 is 0 Å². The number of hydrogen-bond acceptors (Lipinski definition) is 4. The van der Waals surface area contributed by atoms with Gasteiger partial charge in [0.25, 0.3) is 11.5 Å². The molecule has 0 saturated carbocycles. The van der Waals surface area contributed by atoms with Crippen LogP contribution in [0.4, 0.5) is 5.69 Å². The molecule has 0 aliphatic carbocycles. The monoisotopic (exact) mass is 437 g/mol. The van der Waals surface area contributed by atoms with Gasteiger partial charge >= 0.3 is 0 Å². The lowest BCUT2D eigenvalue weighted by atomic mass is 10.1. The van der Waals surface area contributed by atoms with Crippen LogP contribution in [0.3, 0.4) is 0 Å². The average Bonchev–Trinajstić information content (AvgIpc) is 3.21. The summed E-state index contributed by atoms with van der Waals surface area (Å²) in [6, 6.07) is 15.5. The van der Waals surface area contributed by atoms with Crippen LogP contribution >= 0.6 is 22.9 Å². The Hall–Kier alpha value is -2.83. The minimum Gasteiger partial charge on any atom is -0.368 e. The molecule has 0 radical (unpaired) electrons. The summed E-state index contributed by atoms with van der Waals surface area (Å²) in [5, 5.41) is 2.28. The fourth-order valence-electron chi connectivity index (χ4n) is 4.01. The number of carbonyl (C=O) groups is 1. The molecule has 0 spiro atoms. The third kappa shape index (κ3) is 3.36. The molecule has 5 rings (SSSR count). The van der Waals surface area contributed by atoms with Gasteiger partial charge in [-0.05, 0) is 43.3 Å². The maximum atomic E-state index is 13.2. The van der Waals surface area contributed by atoms with E-state index in [4.69, 9.17) is 11.6 Å². The molecule has 1 aliphatic heterocycles. The van der Waals surface area contributed by atoms with E-state index in [0.29, 0.717) is 28.4 Å². The minimum absolute atomic E-state index is 0.0119. The normalized spacial score (nSPS) is 14.6. The first kappa shape index (κ1) is 19.2. The van der Waals surface area contributed by atoms with Crippen LogP contribution in [0.15, 0.2) is 53.3 Å². The SMILES string of the molecule is Cc1ccc2[nH]c(=O)c3cc(C(=O)N4CCN(c5cccc(Cl)c5)CC4)sc3c2c1. The van der Waals surface area contributed by atoms with Crippen molar-refractivity contribution in [2.24, 2.45) is 0 Å². The van der Waals surface area contributed by atoms with Crippen molar-refractivity contribution in [2.75, 3.05) is 31.1 Å². The molecule has 4 aromatic rings. The zero-order valence-electron chi connectivity index (χ0n) is 16.4. The Balaban J connectivity index is 1.41. The Morgan fingerprint density at radius 3 is 2.60 bits per heavy atom. The van der Waals surface area contributed by atoms with Crippen molar-refractivity contribution in [2.45, 2.75) is 6.92 Å². The van der Waals surface area contributed by atoms with Crippen LogP contribution in [0.25, 0.3) is 21.0 Å². The Morgan fingerprint density at radius 1 is 1.03 bits per heavy atom. The second-order valence-corrected chi connectivity index (χ2v) is 9.10. The number of nitrogens with one attached hydrogen (secondary N) is 1. The molecule has 1 N–H and O–H groups in total. The van der Waals surface area contributed by atoms with Gasteiger partial charge in [0.1, 0.15) is 0 Å². The van der Waals surface area contributed by atoms with E-state index in [1.54, 1.807) is 6.07 Å². The Labute approximate surface area is 182 Å². The zero-order chi connectivity index (χ0) is 20.8. The molecular formula is C23H20ClN3O2S. The third-order valence-electron chi connectivity index (χ3n) is 5.60. The number of anilines is 1. The number of pyridine rings is 1. The number of benzene rings is 2. The van der Waals surface area contributed by atoms with E-state index in [2.05, 4.69) is 16.0 Å². The first-order chi connectivity index (χ1) is 14.5. The maximum Gasteiger partial charge on any atom is 0.264 e. The molecule has 1 fully saturated rings. The number of H-pyrrole nitrogens is 1. The lowest BCUT2D eigenvalue weighted by molar-refractivity contribution is 0.0751. The Morgan fingerprint density at radius 2 is 1.83 bits per heavy atom. The second-order valence-electron chi connectivity index (χ2n) is 7.62. The highest BCUT2D eigenvalue weighted by Crippen LogP contribution is 2.31. The molecule has 1 aliphatic rings. The summed E-state index contributed by atoms with van der Waals surface area (Å²) in [4.78, 5) is 33.3. The summed E-state index contributed by atoms with van der Waals surface area (Å²) in [6.07, 6.45) is 0. The van der Waals surface area contributed by atoms with Gasteiger partial charge in [0.05, 0.1) is 10.3 Å². The number of fused-ring (bicyclic) bond motifs is 3. The number of amides is 1. The molecule has 1 saturated heterocycles. The fourth-order valence-corrected chi connectivity index (χ4v) is 5.34. The van der Waals surface area contributed by atoms with E-state index in [0.717, 1.165) is 39.9 Å². The summed E-state index contributed by atoms with van der Waals surface area (Å²) >= 11 is 7.52. The lowest BCUT2D eigenvalue weighted by Gasteiger charge is -2.36. The first-order valence-electron chi connectivity index (χ1n) is 9.85. The molecular weight excluding hydrogens is 418 g/mol. The van der Waals surface area contributed by atoms with Gasteiger partial charge in [0, 0.05) is 52.5 Å². The number of aromatic nitrogens is 1. The van der Waals surface area contributed by atoms with Gasteiger partial charge in [-0.1, -0.05) is 29.3 Å². The molecule has 3 heterocycles. The maximum absolute atomic E-state index is 13.2. The average molecular weight is 438 g/mol. The summed E-state index contributed by atoms with van der Waals surface area (Å²) in [5.74, 6) is -0.0119. The van der Waals surface area contributed by atoms with Crippen molar-refractivity contribution in [3.8, 4) is 0 Å². The highest BCUT2D eigenvalue weighted by molar-refractivity contribution is 7.21. The van der Waals surface area contributed by atoms with Crippen molar-refractivity contribution in [1.82, 2.24) is 9.88 Å². The lowest BCUT2D eigenvalue weighted by Crippen LogP contribution is -2.48. The van der Waals surface area contributed by atoms with Crippen molar-refractivity contribution < 1.29 is 4.79 Å². The Kier molecular flexibility index (Phi) is 4.76. The second kappa shape index (κ2) is 7.45. The number of halogens is 1. The summed E-state index contributed by atoms with van der Waals surface area (Å²) in [5.41, 5.74) is 2.84. The van der Waals surface area contributed by atoms with Crippen LogP contribution in [0.5, 0.6) is 0 Å². The van der Waals surface area contributed by atoms with E-state index < -0.39 is 0 Å². The summed E-state index contributed by atoms with van der Waals surface area (Å²) < 4.78 is 0.873. The molecule has 0 unspecified atom stereocenters. The van der Waals surface area contributed by atoms with Gasteiger partial charge in [-0.2, -0.15) is 0 Å². The van der Waals surface area contributed by atoms with Crippen LogP contribution in [0, 0.1) is 6.92 Å². The molecule has 30 heavy (non-hydrogen) atoms. The van der Waals surface area contributed by atoms with E-state index in [1.807, 2.05) is 48.2 Å². The largest absolute Gasteiger partial charge is 0.368 e. The number of carbonyl (C=O) groups excluding carboxylic acids is 1. The molecule has 1 amide bonds. The number of nitrogens with zero attached hydrogens (tertiary/aromatic N) is 2. The predicted octanol–water partition coefficient (Wildman–Crippen LogP) is 4.67. The molecule has 2 aromatic heterocycles. The van der Waals surface area contributed by atoms with Crippen molar-refractivity contribution in [3.63, 3.8) is 0 Å². The fraction of sp³-hybridized carbons (Fsp3) is 0.217. The van der Waals surface area contributed by atoms with Crippen molar-refractivity contribution >= 4 is 55.5 Å². The highest BCUT2D eigenvalue weighted by atomic mass is 35.5. The van der Waals surface area contributed by atoms with Crippen LogP contribution in [0.2, 0.25) is 5.02 Å². The third-order valence-corrected chi connectivity index (χ3v) is 6.99. The van der Waals surface area contributed by atoms with Gasteiger partial charge in [0.15, 0.2) is 0 Å². The number of thiophene rings is 1. The number of aryl methyl sites for hydroxylation is 1. The zero-order valence-corrected chi connectivity index (χ0v) is 18.0. The molecule has 7 heteroatoms. The van der Waals surface area contributed by atoms with Gasteiger partial charge in [-0.15, -0.1) is 11.3 Å². The smallest absolute Gasteiger partial charge is 0.264 e. The predicted molar refractivity (Wildman–Crippen MR) is 124 cm³/mol. The molecule has 5 nitrogen and oxygen atoms in total. The topological polar surface area (TPSA) is 56.4 Å². The highest BCUT2D eigenvalue weighted by Gasteiger charge is 2.24. The quantitative estimate of drug-likeness (QED) is 0.496. The molecule has 152 valence electrons. The number of rotatable bonds is 2. The number of aromatic amines is 1. The number of hydrogen-bond donors (Lipinski definition) is 1. The minimum atomic E-state index is -0.151. The first-order valence-corrected chi connectivity index (χ1v) is 11.0. The molecule has 0 bridgehead atoms. The van der Waals surface area contributed by atoms with Crippen molar-refractivity contribution in [3.05, 3.63) is 74.3 Å². The standard InChI is InChI=1S/C23H20ClN3O2S/c1-14-5-6-19-17(11-14)21-18(22(28)25-19)13-20(30-21)23(29)27-9-7-26(8-10-27)16-4-2-3-15(24)12-16/h2-6,11-13H,7-10H2,1H3,(H,25,28). The molecule has 0 atom stereocenters. The van der Waals surface area contributed by atoms with E-state index in [1.165, 1.54) is 11.3 Å². The van der Waals surface area contributed by atoms with E-state index in [9.17, 15) is 9.59 Å². The molecule has 2 aromatic carbocycles. The van der Waals surface area contributed by atoms with Gasteiger partial charge < -0.3 is 14.8 Å². The van der Waals surface area contributed by atoms with Crippen molar-refractivity contribution in [1.29, 1.82) is 0 Å². The summed E-state index contributed by atoms with van der Waals surface area (Å²) in [7, 11) is 0. The Bertz CT molecular complexity index is 1340. The van der Waals surface area contributed by atoms with Gasteiger partial charge in [-0.25, -0.2) is 0 Å². The van der Waals surface area contributed by atoms with Gasteiger partial charge in [-0.3, -0.25) is 9.59 Å². The number of piperazine rings is 1.